The number of carbonyl (C=O) groups is 2. The number of carbonyl (C=O) groups excluding carboxylic acids is 1. The van der Waals surface area contributed by atoms with Crippen LogP contribution in [-0.2, 0) is 14.4 Å². The van der Waals surface area contributed by atoms with Gasteiger partial charge in [-0.25, -0.2) is 4.79 Å². The van der Waals surface area contributed by atoms with E-state index in [1.165, 1.54) is 0 Å². The lowest BCUT2D eigenvalue weighted by molar-refractivity contribution is -0.129. The number of halogens is 1. The van der Waals surface area contributed by atoms with Gasteiger partial charge in [-0.2, -0.15) is 0 Å². The quantitative estimate of drug-likeness (QED) is 0.883. The molecule has 7 heteroatoms. The molecule has 1 unspecified atom stereocenters. The van der Waals surface area contributed by atoms with Gasteiger partial charge in [0.15, 0.2) is 5.71 Å². The van der Waals surface area contributed by atoms with Gasteiger partial charge in [0.05, 0.1) is 0 Å². The molecular weight excluding hydrogens is 328 g/mol. The van der Waals surface area contributed by atoms with Crippen LogP contribution < -0.4 is 5.32 Å². The Labute approximate surface area is 123 Å². The SMILES string of the molecule is Cc1cc(NC(=O)C2CC(C(=O)O)=NO2)cc(C)c1Br. The predicted octanol–water partition coefficient (Wildman–Crippen LogP) is 2.23. The largest absolute Gasteiger partial charge is 0.477 e. The third-order valence-electron chi connectivity index (χ3n) is 2.91. The zero-order valence-electron chi connectivity index (χ0n) is 10.9. The van der Waals surface area contributed by atoms with Gasteiger partial charge in [0.25, 0.3) is 5.91 Å². The van der Waals surface area contributed by atoms with Gasteiger partial charge in [0.2, 0.25) is 6.10 Å². The molecule has 0 aliphatic carbocycles. The maximum atomic E-state index is 12.0. The van der Waals surface area contributed by atoms with E-state index in [0.717, 1.165) is 15.6 Å². The van der Waals surface area contributed by atoms with Crippen LogP contribution in [0, 0.1) is 13.8 Å². The van der Waals surface area contributed by atoms with Crippen LogP contribution in [0.2, 0.25) is 0 Å². The van der Waals surface area contributed by atoms with Crippen LogP contribution in [0.15, 0.2) is 21.8 Å². The summed E-state index contributed by atoms with van der Waals surface area (Å²) in [5.74, 6) is -1.58. The first-order valence-corrected chi connectivity index (χ1v) is 6.71. The molecule has 0 saturated carbocycles. The van der Waals surface area contributed by atoms with Gasteiger partial charge in [-0.05, 0) is 37.1 Å². The number of aliphatic carboxylic acids is 1. The Hall–Kier alpha value is -1.89. The fraction of sp³-hybridized carbons (Fsp3) is 0.308. The molecule has 0 fully saturated rings. The summed E-state index contributed by atoms with van der Waals surface area (Å²) in [4.78, 5) is 27.5. The second-order valence-corrected chi connectivity index (χ2v) is 5.35. The van der Waals surface area contributed by atoms with Gasteiger partial charge in [0, 0.05) is 16.6 Å². The number of anilines is 1. The average molecular weight is 341 g/mol. The van der Waals surface area contributed by atoms with E-state index in [0.29, 0.717) is 5.69 Å². The summed E-state index contributed by atoms with van der Waals surface area (Å²) in [6.07, 6.45) is -0.930. The van der Waals surface area contributed by atoms with Crippen molar-refractivity contribution in [3.63, 3.8) is 0 Å². The highest BCUT2D eigenvalue weighted by molar-refractivity contribution is 9.10. The van der Waals surface area contributed by atoms with Crippen LogP contribution in [0.3, 0.4) is 0 Å². The Balaban J connectivity index is 2.05. The number of hydrogen-bond donors (Lipinski definition) is 2. The summed E-state index contributed by atoms with van der Waals surface area (Å²) < 4.78 is 0.990. The number of nitrogens with one attached hydrogen (secondary N) is 1. The van der Waals surface area contributed by atoms with Crippen LogP contribution in [-0.4, -0.2) is 28.8 Å². The number of nitrogens with zero attached hydrogens (tertiary/aromatic N) is 1. The molecule has 1 amide bonds. The Morgan fingerprint density at radius 2 is 2.00 bits per heavy atom. The third kappa shape index (κ3) is 2.98. The fourth-order valence-corrected chi connectivity index (χ4v) is 2.11. The van der Waals surface area contributed by atoms with Crippen molar-refractivity contribution in [2.45, 2.75) is 26.4 Å². The predicted molar refractivity (Wildman–Crippen MR) is 76.8 cm³/mol. The molecule has 1 atom stereocenters. The number of carboxylic acid groups (broad SMARTS) is 1. The maximum Gasteiger partial charge on any atom is 0.353 e. The fourth-order valence-electron chi connectivity index (χ4n) is 1.89. The smallest absolute Gasteiger partial charge is 0.353 e. The van der Waals surface area contributed by atoms with Gasteiger partial charge in [-0.3, -0.25) is 4.79 Å². The zero-order chi connectivity index (χ0) is 14.9. The van der Waals surface area contributed by atoms with Gasteiger partial charge in [-0.15, -0.1) is 0 Å². The molecule has 20 heavy (non-hydrogen) atoms. The molecule has 2 N–H and O–H groups in total. The standard InChI is InChI=1S/C13H13BrN2O4/c1-6-3-8(4-7(2)11(6)14)15-12(17)10-5-9(13(18)19)16-20-10/h3-4,10H,5H2,1-2H3,(H,15,17)(H,18,19). The number of amides is 1. The summed E-state index contributed by atoms with van der Waals surface area (Å²) >= 11 is 3.45. The van der Waals surface area contributed by atoms with Gasteiger partial charge in [-0.1, -0.05) is 21.1 Å². The van der Waals surface area contributed by atoms with Crippen LogP contribution >= 0.6 is 15.9 Å². The minimum Gasteiger partial charge on any atom is -0.477 e. The zero-order valence-corrected chi connectivity index (χ0v) is 12.5. The lowest BCUT2D eigenvalue weighted by Crippen LogP contribution is -2.29. The van der Waals surface area contributed by atoms with Crippen molar-refractivity contribution < 1.29 is 19.5 Å². The maximum absolute atomic E-state index is 12.0. The van der Waals surface area contributed by atoms with Crippen molar-refractivity contribution >= 4 is 39.2 Å². The normalized spacial score (nSPS) is 17.4. The molecule has 0 bridgehead atoms. The van der Waals surface area contributed by atoms with E-state index in [1.54, 1.807) is 0 Å². The summed E-state index contributed by atoms with van der Waals surface area (Å²) in [6.45, 7) is 3.84. The van der Waals surface area contributed by atoms with Crippen molar-refractivity contribution in [2.24, 2.45) is 5.16 Å². The van der Waals surface area contributed by atoms with E-state index >= 15 is 0 Å². The van der Waals surface area contributed by atoms with E-state index in [-0.39, 0.29) is 12.1 Å². The van der Waals surface area contributed by atoms with Crippen LogP contribution in [0.4, 0.5) is 5.69 Å². The highest BCUT2D eigenvalue weighted by Gasteiger charge is 2.31. The highest BCUT2D eigenvalue weighted by atomic mass is 79.9. The molecule has 0 saturated heterocycles. The van der Waals surface area contributed by atoms with Crippen molar-refractivity contribution in [1.29, 1.82) is 0 Å². The summed E-state index contributed by atoms with van der Waals surface area (Å²) in [7, 11) is 0. The molecule has 0 spiro atoms. The Kier molecular flexibility index (Phi) is 4.08. The number of aryl methyl sites for hydroxylation is 2. The molecular formula is C13H13BrN2O4. The van der Waals surface area contributed by atoms with E-state index in [4.69, 9.17) is 9.94 Å². The third-order valence-corrected chi connectivity index (χ3v) is 4.16. The first kappa shape index (κ1) is 14.5. The Morgan fingerprint density at radius 3 is 2.50 bits per heavy atom. The monoisotopic (exact) mass is 340 g/mol. The lowest BCUT2D eigenvalue weighted by Gasteiger charge is -2.12. The van der Waals surface area contributed by atoms with Crippen molar-refractivity contribution in [3.8, 4) is 0 Å². The van der Waals surface area contributed by atoms with Crippen LogP contribution in [0.25, 0.3) is 0 Å². The topological polar surface area (TPSA) is 88.0 Å². The van der Waals surface area contributed by atoms with E-state index in [9.17, 15) is 9.59 Å². The molecule has 1 aromatic rings. The minimum atomic E-state index is -1.17. The van der Waals surface area contributed by atoms with Crippen LogP contribution in [0.5, 0.6) is 0 Å². The molecule has 0 radical (unpaired) electrons. The highest BCUT2D eigenvalue weighted by Crippen LogP contribution is 2.25. The number of oxime groups is 1. The molecule has 1 heterocycles. The van der Waals surface area contributed by atoms with Crippen molar-refractivity contribution in [3.05, 3.63) is 27.7 Å². The van der Waals surface area contributed by atoms with Crippen molar-refractivity contribution in [2.75, 3.05) is 5.32 Å². The first-order valence-electron chi connectivity index (χ1n) is 5.92. The number of rotatable bonds is 3. The molecule has 1 aliphatic rings. The summed E-state index contributed by atoms with van der Waals surface area (Å²) in [6, 6.07) is 3.64. The van der Waals surface area contributed by atoms with Crippen molar-refractivity contribution in [1.82, 2.24) is 0 Å². The molecule has 2 rings (SSSR count). The second-order valence-electron chi connectivity index (χ2n) is 4.55. The Morgan fingerprint density at radius 1 is 1.40 bits per heavy atom. The van der Waals surface area contributed by atoms with Gasteiger partial charge in [0.1, 0.15) is 0 Å². The lowest BCUT2D eigenvalue weighted by atomic mass is 10.1. The molecule has 0 aromatic heterocycles. The van der Waals surface area contributed by atoms with E-state index in [2.05, 4.69) is 26.4 Å². The van der Waals surface area contributed by atoms with E-state index < -0.39 is 18.0 Å². The average Bonchev–Trinajstić information content (AvgIpc) is 2.85. The summed E-state index contributed by atoms with van der Waals surface area (Å²) in [5.41, 5.74) is 2.49. The Bertz CT molecular complexity index is 589. The minimum absolute atomic E-state index is 0.0321. The molecule has 6 nitrogen and oxygen atoms in total. The number of benzene rings is 1. The molecule has 1 aliphatic heterocycles. The van der Waals surface area contributed by atoms with Crippen LogP contribution in [0.1, 0.15) is 17.5 Å². The number of hydrogen-bond acceptors (Lipinski definition) is 4. The van der Waals surface area contributed by atoms with Gasteiger partial charge < -0.3 is 15.3 Å². The second kappa shape index (κ2) is 5.62. The van der Waals surface area contributed by atoms with E-state index in [1.807, 2.05) is 26.0 Å². The number of carboxylic acids is 1. The summed E-state index contributed by atoms with van der Waals surface area (Å²) in [5, 5.41) is 14.8. The molecule has 106 valence electrons. The molecule has 1 aromatic carbocycles. The van der Waals surface area contributed by atoms with Gasteiger partial charge >= 0.3 is 5.97 Å². The first-order chi connectivity index (χ1) is 9.38.